The van der Waals surface area contributed by atoms with Crippen molar-refractivity contribution in [3.63, 3.8) is 0 Å². The molecule has 0 heterocycles. The van der Waals surface area contributed by atoms with Gasteiger partial charge in [-0.05, 0) is 32.4 Å². The topological polar surface area (TPSA) is 77.1 Å². The first kappa shape index (κ1) is 16.8. The SMILES string of the molecule is CC(C)(C)OCCOCc1ccc(/C(N)=N/O)cc1Cl. The predicted octanol–water partition coefficient (Wildman–Crippen LogP) is 2.77. The van der Waals surface area contributed by atoms with E-state index in [1.807, 2.05) is 20.8 Å². The highest BCUT2D eigenvalue weighted by atomic mass is 35.5. The highest BCUT2D eigenvalue weighted by molar-refractivity contribution is 6.31. The summed E-state index contributed by atoms with van der Waals surface area (Å²) in [5.74, 6) is 0.0259. The number of hydrogen-bond donors (Lipinski definition) is 2. The van der Waals surface area contributed by atoms with Crippen LogP contribution in [0.4, 0.5) is 0 Å². The predicted molar refractivity (Wildman–Crippen MR) is 79.3 cm³/mol. The van der Waals surface area contributed by atoms with E-state index in [-0.39, 0.29) is 11.4 Å². The molecule has 0 saturated carbocycles. The van der Waals surface area contributed by atoms with Crippen LogP contribution in [0, 0.1) is 0 Å². The molecule has 112 valence electrons. The molecule has 0 bridgehead atoms. The molecule has 0 spiro atoms. The lowest BCUT2D eigenvalue weighted by atomic mass is 10.1. The van der Waals surface area contributed by atoms with Crippen LogP contribution < -0.4 is 5.73 Å². The minimum Gasteiger partial charge on any atom is -0.409 e. The molecule has 0 aliphatic heterocycles. The highest BCUT2D eigenvalue weighted by Gasteiger charge is 2.09. The van der Waals surface area contributed by atoms with Crippen LogP contribution in [0.5, 0.6) is 0 Å². The number of benzene rings is 1. The molecule has 1 aromatic carbocycles. The second kappa shape index (κ2) is 7.47. The molecule has 0 saturated heterocycles. The van der Waals surface area contributed by atoms with Crippen molar-refractivity contribution in [2.45, 2.75) is 33.0 Å². The lowest BCUT2D eigenvalue weighted by Gasteiger charge is -2.19. The minimum absolute atomic E-state index is 0.0259. The maximum atomic E-state index is 8.60. The average molecular weight is 301 g/mol. The molecule has 0 aliphatic carbocycles. The molecule has 0 atom stereocenters. The first-order chi connectivity index (χ1) is 9.33. The Bertz CT molecular complexity index is 470. The van der Waals surface area contributed by atoms with Gasteiger partial charge in [0.05, 0.1) is 25.4 Å². The highest BCUT2D eigenvalue weighted by Crippen LogP contribution is 2.19. The Kier molecular flexibility index (Phi) is 6.26. The van der Waals surface area contributed by atoms with Gasteiger partial charge < -0.3 is 20.4 Å². The fourth-order valence-corrected chi connectivity index (χ4v) is 1.71. The van der Waals surface area contributed by atoms with Gasteiger partial charge in [0.1, 0.15) is 0 Å². The van der Waals surface area contributed by atoms with E-state index in [0.29, 0.717) is 30.4 Å². The van der Waals surface area contributed by atoms with Crippen LogP contribution >= 0.6 is 11.6 Å². The van der Waals surface area contributed by atoms with Crippen molar-refractivity contribution < 1.29 is 14.7 Å². The van der Waals surface area contributed by atoms with E-state index >= 15 is 0 Å². The molecule has 0 unspecified atom stereocenters. The van der Waals surface area contributed by atoms with E-state index < -0.39 is 0 Å². The van der Waals surface area contributed by atoms with E-state index in [1.165, 1.54) is 0 Å². The van der Waals surface area contributed by atoms with Crippen molar-refractivity contribution >= 4 is 17.4 Å². The van der Waals surface area contributed by atoms with Crippen LogP contribution in [0.1, 0.15) is 31.9 Å². The van der Waals surface area contributed by atoms with Crippen LogP contribution in [-0.2, 0) is 16.1 Å². The van der Waals surface area contributed by atoms with Crippen molar-refractivity contribution in [2.24, 2.45) is 10.9 Å². The van der Waals surface area contributed by atoms with Crippen molar-refractivity contribution in [2.75, 3.05) is 13.2 Å². The summed E-state index contributed by atoms with van der Waals surface area (Å²) in [6.07, 6.45) is 0. The van der Waals surface area contributed by atoms with Crippen molar-refractivity contribution in [3.8, 4) is 0 Å². The standard InChI is InChI=1S/C14H21ClN2O3/c1-14(2,3)20-7-6-19-9-11-5-4-10(8-12(11)15)13(16)17-18/h4-5,8,18H,6-7,9H2,1-3H3,(H2,16,17). The van der Waals surface area contributed by atoms with Gasteiger partial charge in [0, 0.05) is 10.6 Å². The van der Waals surface area contributed by atoms with Gasteiger partial charge >= 0.3 is 0 Å². The first-order valence-corrected chi connectivity index (χ1v) is 6.69. The van der Waals surface area contributed by atoms with Gasteiger partial charge in [-0.15, -0.1) is 0 Å². The molecule has 0 radical (unpaired) electrons. The normalized spacial score (nSPS) is 12.7. The first-order valence-electron chi connectivity index (χ1n) is 6.31. The summed E-state index contributed by atoms with van der Waals surface area (Å²) < 4.78 is 11.0. The molecule has 20 heavy (non-hydrogen) atoms. The van der Waals surface area contributed by atoms with Gasteiger partial charge in [-0.3, -0.25) is 0 Å². The second-order valence-electron chi connectivity index (χ2n) is 5.30. The average Bonchev–Trinajstić information content (AvgIpc) is 2.37. The van der Waals surface area contributed by atoms with Crippen LogP contribution in [0.25, 0.3) is 0 Å². The fourth-order valence-electron chi connectivity index (χ4n) is 1.47. The summed E-state index contributed by atoms with van der Waals surface area (Å²) in [7, 11) is 0. The van der Waals surface area contributed by atoms with Crippen molar-refractivity contribution in [3.05, 3.63) is 34.3 Å². The number of amidine groups is 1. The molecule has 0 fully saturated rings. The minimum atomic E-state index is -0.163. The molecule has 0 amide bonds. The summed E-state index contributed by atoms with van der Waals surface area (Å²) in [5, 5.41) is 12.0. The molecule has 1 aromatic rings. The van der Waals surface area contributed by atoms with Crippen molar-refractivity contribution in [1.82, 2.24) is 0 Å². The van der Waals surface area contributed by atoms with Gasteiger partial charge in [-0.2, -0.15) is 0 Å². The summed E-state index contributed by atoms with van der Waals surface area (Å²) in [4.78, 5) is 0. The molecule has 6 heteroatoms. The Morgan fingerprint density at radius 2 is 2.05 bits per heavy atom. The Balaban J connectivity index is 2.45. The Hall–Kier alpha value is -1.30. The quantitative estimate of drug-likeness (QED) is 0.278. The van der Waals surface area contributed by atoms with E-state index in [4.69, 9.17) is 32.0 Å². The summed E-state index contributed by atoms with van der Waals surface area (Å²) in [5.41, 5.74) is 6.74. The number of ether oxygens (including phenoxy) is 2. The third-order valence-electron chi connectivity index (χ3n) is 2.48. The fraction of sp³-hybridized carbons (Fsp3) is 0.500. The van der Waals surface area contributed by atoms with Crippen molar-refractivity contribution in [1.29, 1.82) is 0 Å². The molecule has 5 nitrogen and oxygen atoms in total. The lowest BCUT2D eigenvalue weighted by molar-refractivity contribution is -0.0376. The van der Waals surface area contributed by atoms with Gasteiger partial charge in [-0.1, -0.05) is 28.9 Å². The zero-order chi connectivity index (χ0) is 15.2. The van der Waals surface area contributed by atoms with E-state index in [2.05, 4.69) is 5.16 Å². The Morgan fingerprint density at radius 3 is 2.60 bits per heavy atom. The van der Waals surface area contributed by atoms with Crippen LogP contribution in [0.15, 0.2) is 23.4 Å². The number of oxime groups is 1. The van der Waals surface area contributed by atoms with E-state index in [1.54, 1.807) is 18.2 Å². The number of rotatable bonds is 6. The summed E-state index contributed by atoms with van der Waals surface area (Å²) in [6, 6.07) is 5.16. The van der Waals surface area contributed by atoms with Gasteiger partial charge in [0.25, 0.3) is 0 Å². The molecule has 0 aromatic heterocycles. The largest absolute Gasteiger partial charge is 0.409 e. The molecule has 3 N–H and O–H groups in total. The van der Waals surface area contributed by atoms with Gasteiger partial charge in [0.2, 0.25) is 0 Å². The van der Waals surface area contributed by atoms with Gasteiger partial charge in [-0.25, -0.2) is 0 Å². The summed E-state index contributed by atoms with van der Waals surface area (Å²) >= 11 is 6.11. The lowest BCUT2D eigenvalue weighted by Crippen LogP contribution is -2.21. The van der Waals surface area contributed by atoms with Crippen LogP contribution in [0.3, 0.4) is 0 Å². The van der Waals surface area contributed by atoms with Gasteiger partial charge in [0.15, 0.2) is 5.84 Å². The zero-order valence-electron chi connectivity index (χ0n) is 12.0. The van der Waals surface area contributed by atoms with E-state index in [9.17, 15) is 0 Å². The number of halogens is 1. The number of hydrogen-bond acceptors (Lipinski definition) is 4. The monoisotopic (exact) mass is 300 g/mol. The Morgan fingerprint density at radius 1 is 1.35 bits per heavy atom. The molecular formula is C14H21ClN2O3. The van der Waals surface area contributed by atoms with E-state index in [0.717, 1.165) is 5.56 Å². The molecule has 0 aliphatic rings. The summed E-state index contributed by atoms with van der Waals surface area (Å²) in [6.45, 7) is 7.41. The second-order valence-corrected chi connectivity index (χ2v) is 5.71. The number of nitrogens with zero attached hydrogens (tertiary/aromatic N) is 1. The number of nitrogens with two attached hydrogens (primary N) is 1. The maximum absolute atomic E-state index is 8.60. The molecular weight excluding hydrogens is 280 g/mol. The molecule has 1 rings (SSSR count). The Labute approximate surface area is 124 Å². The third-order valence-corrected chi connectivity index (χ3v) is 2.83. The smallest absolute Gasteiger partial charge is 0.170 e. The third kappa shape index (κ3) is 5.77. The van der Waals surface area contributed by atoms with Crippen LogP contribution in [-0.4, -0.2) is 29.9 Å². The maximum Gasteiger partial charge on any atom is 0.170 e. The van der Waals surface area contributed by atoms with Crippen LogP contribution in [0.2, 0.25) is 5.02 Å². The zero-order valence-corrected chi connectivity index (χ0v) is 12.8.